The molecule has 1 atom stereocenters. The Morgan fingerprint density at radius 2 is 1.96 bits per heavy atom. The summed E-state index contributed by atoms with van der Waals surface area (Å²) < 4.78 is 18.7. The van der Waals surface area contributed by atoms with Crippen LogP contribution in [-0.2, 0) is 16.0 Å². The van der Waals surface area contributed by atoms with Crippen molar-refractivity contribution in [3.63, 3.8) is 0 Å². The normalized spacial score (nSPS) is 21.6. The van der Waals surface area contributed by atoms with Gasteiger partial charge in [0.05, 0.1) is 13.5 Å². The van der Waals surface area contributed by atoms with Gasteiger partial charge in [-0.15, -0.1) is 0 Å². The molecule has 0 bridgehead atoms. The third-order valence-electron chi connectivity index (χ3n) is 5.75. The van der Waals surface area contributed by atoms with Crippen molar-refractivity contribution in [2.75, 3.05) is 31.6 Å². The first-order valence-corrected chi connectivity index (χ1v) is 9.45. The van der Waals surface area contributed by atoms with Crippen molar-refractivity contribution in [2.45, 2.75) is 19.3 Å². The number of hydrogen-bond acceptors (Lipinski definition) is 3. The number of anilines is 1. The van der Waals surface area contributed by atoms with Crippen molar-refractivity contribution >= 4 is 17.5 Å². The quantitative estimate of drug-likeness (QED) is 0.817. The summed E-state index contributed by atoms with van der Waals surface area (Å²) in [7, 11) is 1.61. The summed E-state index contributed by atoms with van der Waals surface area (Å²) in [5.74, 6) is 0.473. The number of hydrogen-bond donors (Lipinski definition) is 0. The molecule has 0 saturated carbocycles. The van der Waals surface area contributed by atoms with E-state index >= 15 is 0 Å². The maximum absolute atomic E-state index is 13.5. The van der Waals surface area contributed by atoms with E-state index in [4.69, 9.17) is 4.74 Å². The van der Waals surface area contributed by atoms with Gasteiger partial charge in [0.1, 0.15) is 11.6 Å². The number of benzene rings is 2. The molecule has 4 rings (SSSR count). The Bertz CT molecular complexity index is 899. The highest BCUT2D eigenvalue weighted by Crippen LogP contribution is 2.42. The van der Waals surface area contributed by atoms with E-state index < -0.39 is 0 Å². The van der Waals surface area contributed by atoms with Gasteiger partial charge in [0, 0.05) is 37.2 Å². The first-order valence-electron chi connectivity index (χ1n) is 9.45. The summed E-state index contributed by atoms with van der Waals surface area (Å²) in [5.41, 5.74) is 1.29. The molecule has 0 radical (unpaired) electrons. The second-order valence-corrected chi connectivity index (χ2v) is 7.73. The Labute approximate surface area is 163 Å². The zero-order chi connectivity index (χ0) is 19.7. The van der Waals surface area contributed by atoms with Crippen LogP contribution in [-0.4, -0.2) is 43.5 Å². The molecule has 0 aromatic heterocycles. The van der Waals surface area contributed by atoms with E-state index in [1.807, 2.05) is 29.2 Å². The lowest BCUT2D eigenvalue weighted by molar-refractivity contribution is -0.130. The van der Waals surface area contributed by atoms with Crippen LogP contribution in [0.4, 0.5) is 10.1 Å². The molecule has 28 heavy (non-hydrogen) atoms. The van der Waals surface area contributed by atoms with Crippen LogP contribution in [0.25, 0.3) is 0 Å². The number of carbonyl (C=O) groups excluding carboxylic acids is 2. The fourth-order valence-corrected chi connectivity index (χ4v) is 4.23. The van der Waals surface area contributed by atoms with Gasteiger partial charge in [0.2, 0.25) is 11.8 Å². The molecule has 0 aliphatic carbocycles. The van der Waals surface area contributed by atoms with Gasteiger partial charge in [-0.1, -0.05) is 18.2 Å². The summed E-state index contributed by atoms with van der Waals surface area (Å²) >= 11 is 0. The number of rotatable bonds is 4. The average Bonchev–Trinajstić information content (AvgIpc) is 3.25. The van der Waals surface area contributed by atoms with E-state index in [0.717, 1.165) is 17.7 Å². The van der Waals surface area contributed by atoms with Crippen LogP contribution in [0.5, 0.6) is 5.75 Å². The third-order valence-corrected chi connectivity index (χ3v) is 5.75. The molecule has 2 fully saturated rings. The summed E-state index contributed by atoms with van der Waals surface area (Å²) in [4.78, 5) is 28.8. The van der Waals surface area contributed by atoms with Gasteiger partial charge in [-0.2, -0.15) is 0 Å². The molecule has 2 aromatic rings. The number of amides is 2. The molecule has 2 aliphatic heterocycles. The molecule has 2 aromatic carbocycles. The fraction of sp³-hybridized carbons (Fsp3) is 0.364. The molecule has 2 saturated heterocycles. The highest BCUT2D eigenvalue weighted by Gasteiger charge is 2.48. The lowest BCUT2D eigenvalue weighted by atomic mass is 9.86. The van der Waals surface area contributed by atoms with Gasteiger partial charge < -0.3 is 14.5 Å². The molecule has 1 spiro atoms. The Hall–Kier alpha value is -2.89. The van der Waals surface area contributed by atoms with Gasteiger partial charge in [-0.25, -0.2) is 4.39 Å². The van der Waals surface area contributed by atoms with Gasteiger partial charge >= 0.3 is 0 Å². The predicted molar refractivity (Wildman–Crippen MR) is 104 cm³/mol. The Balaban J connectivity index is 1.41. The molecular formula is C22H23FN2O3. The van der Waals surface area contributed by atoms with Crippen LogP contribution >= 0.6 is 0 Å². The monoisotopic (exact) mass is 382 g/mol. The van der Waals surface area contributed by atoms with Crippen LogP contribution in [0.1, 0.15) is 18.4 Å². The third kappa shape index (κ3) is 3.59. The molecule has 0 N–H and O–H groups in total. The minimum atomic E-state index is -0.353. The van der Waals surface area contributed by atoms with Crippen molar-refractivity contribution in [2.24, 2.45) is 5.41 Å². The number of likely N-dealkylation sites (tertiary alicyclic amines) is 1. The number of ether oxygens (including phenoxy) is 1. The Kier molecular flexibility index (Phi) is 4.79. The van der Waals surface area contributed by atoms with E-state index in [2.05, 4.69) is 0 Å². The summed E-state index contributed by atoms with van der Waals surface area (Å²) in [6.45, 7) is 1.75. The molecule has 0 unspecified atom stereocenters. The summed E-state index contributed by atoms with van der Waals surface area (Å²) in [6, 6.07) is 13.6. The molecule has 2 heterocycles. The number of carbonyl (C=O) groups is 2. The SMILES string of the molecule is COc1ccc(CC(=O)N2CC[C@]3(CC(=O)N(c4cccc(F)c4)C3)C2)cc1. The topological polar surface area (TPSA) is 49.9 Å². The highest BCUT2D eigenvalue weighted by atomic mass is 19.1. The second kappa shape index (κ2) is 7.26. The molecule has 5 nitrogen and oxygen atoms in total. The van der Waals surface area contributed by atoms with Crippen molar-refractivity contribution in [1.82, 2.24) is 4.90 Å². The molecule has 2 amide bonds. The average molecular weight is 382 g/mol. The van der Waals surface area contributed by atoms with E-state index in [9.17, 15) is 14.0 Å². The minimum absolute atomic E-state index is 0.00458. The number of nitrogens with zero attached hydrogens (tertiary/aromatic N) is 2. The maximum atomic E-state index is 13.5. The smallest absolute Gasteiger partial charge is 0.227 e. The first-order chi connectivity index (χ1) is 13.5. The largest absolute Gasteiger partial charge is 0.497 e. The second-order valence-electron chi connectivity index (χ2n) is 7.73. The summed E-state index contributed by atoms with van der Waals surface area (Å²) in [6.07, 6.45) is 1.52. The maximum Gasteiger partial charge on any atom is 0.227 e. The number of halogens is 1. The molecule has 6 heteroatoms. The van der Waals surface area contributed by atoms with Gasteiger partial charge in [-0.05, 0) is 42.3 Å². The van der Waals surface area contributed by atoms with Gasteiger partial charge in [0.25, 0.3) is 0 Å². The summed E-state index contributed by atoms with van der Waals surface area (Å²) in [5, 5.41) is 0. The van der Waals surface area contributed by atoms with Gasteiger partial charge in [-0.3, -0.25) is 9.59 Å². The fourth-order valence-electron chi connectivity index (χ4n) is 4.23. The van der Waals surface area contributed by atoms with E-state index in [1.54, 1.807) is 24.1 Å². The van der Waals surface area contributed by atoms with Crippen LogP contribution in [0, 0.1) is 11.2 Å². The van der Waals surface area contributed by atoms with E-state index in [1.165, 1.54) is 12.1 Å². The minimum Gasteiger partial charge on any atom is -0.497 e. The lowest BCUT2D eigenvalue weighted by Gasteiger charge is -2.24. The Morgan fingerprint density at radius 1 is 1.18 bits per heavy atom. The first kappa shape index (κ1) is 18.5. The van der Waals surface area contributed by atoms with Gasteiger partial charge in [0.15, 0.2) is 0 Å². The van der Waals surface area contributed by atoms with E-state index in [0.29, 0.717) is 38.2 Å². The molecule has 2 aliphatic rings. The van der Waals surface area contributed by atoms with Crippen molar-refractivity contribution in [3.05, 3.63) is 59.9 Å². The zero-order valence-electron chi connectivity index (χ0n) is 15.9. The van der Waals surface area contributed by atoms with Crippen molar-refractivity contribution in [3.8, 4) is 5.75 Å². The number of methoxy groups -OCH3 is 1. The van der Waals surface area contributed by atoms with Crippen molar-refractivity contribution < 1.29 is 18.7 Å². The van der Waals surface area contributed by atoms with Crippen LogP contribution < -0.4 is 9.64 Å². The molecular weight excluding hydrogens is 359 g/mol. The highest BCUT2D eigenvalue weighted by molar-refractivity contribution is 5.96. The van der Waals surface area contributed by atoms with Crippen molar-refractivity contribution in [1.29, 1.82) is 0 Å². The predicted octanol–water partition coefficient (Wildman–Crippen LogP) is 3.03. The standard InChI is InChI=1S/C22H23FN2O3/c1-28-19-7-5-16(6-8-19)11-20(26)24-10-9-22(14-24)13-21(27)25(15-22)18-4-2-3-17(23)12-18/h2-8,12H,9-11,13-15H2,1H3/t22-/m0/s1. The zero-order valence-corrected chi connectivity index (χ0v) is 15.9. The Morgan fingerprint density at radius 3 is 2.68 bits per heavy atom. The molecule has 146 valence electrons. The van der Waals surface area contributed by atoms with E-state index in [-0.39, 0.29) is 23.0 Å². The van der Waals surface area contributed by atoms with Crippen LogP contribution in [0.15, 0.2) is 48.5 Å². The lowest BCUT2D eigenvalue weighted by Crippen LogP contribution is -2.35. The van der Waals surface area contributed by atoms with Crippen LogP contribution in [0.3, 0.4) is 0 Å². The van der Waals surface area contributed by atoms with Crippen LogP contribution in [0.2, 0.25) is 0 Å².